The number of aryl methyl sites for hydroxylation is 1. The number of hydrogen-bond acceptors (Lipinski definition) is 3. The average Bonchev–Trinajstić information content (AvgIpc) is 2.76. The largest absolute Gasteiger partial charge is 0.389 e. The minimum atomic E-state index is -0.136. The molecule has 2 rings (SSSR count). The number of rotatable bonds is 4. The Balaban J connectivity index is 2.01. The van der Waals surface area contributed by atoms with Gasteiger partial charge in [-0.05, 0) is 19.1 Å². The van der Waals surface area contributed by atoms with Gasteiger partial charge in [0, 0.05) is 36.0 Å². The number of amides is 1. The summed E-state index contributed by atoms with van der Waals surface area (Å²) in [5, 5.41) is 7.00. The first-order chi connectivity index (χ1) is 9.49. The van der Waals surface area contributed by atoms with Crippen LogP contribution in [-0.2, 0) is 13.6 Å². The van der Waals surface area contributed by atoms with Crippen LogP contribution >= 0.6 is 12.2 Å². The van der Waals surface area contributed by atoms with Crippen LogP contribution in [0.4, 0.5) is 0 Å². The number of nitrogens with two attached hydrogens (primary N) is 1. The molecule has 1 amide bonds. The van der Waals surface area contributed by atoms with Crippen molar-refractivity contribution in [2.75, 3.05) is 0 Å². The van der Waals surface area contributed by atoms with E-state index in [1.807, 2.05) is 14.0 Å². The van der Waals surface area contributed by atoms with Gasteiger partial charge in [-0.3, -0.25) is 9.48 Å². The van der Waals surface area contributed by atoms with Crippen molar-refractivity contribution in [1.29, 1.82) is 0 Å². The van der Waals surface area contributed by atoms with Gasteiger partial charge in [0.1, 0.15) is 4.99 Å². The second-order valence-corrected chi connectivity index (χ2v) is 4.94. The molecule has 0 saturated heterocycles. The third kappa shape index (κ3) is 3.03. The molecule has 6 heteroatoms. The number of nitrogens with zero attached hydrogens (tertiary/aromatic N) is 2. The van der Waals surface area contributed by atoms with Crippen LogP contribution in [0.2, 0.25) is 0 Å². The van der Waals surface area contributed by atoms with Crippen LogP contribution in [0, 0.1) is 6.92 Å². The molecule has 0 saturated carbocycles. The first-order valence-electron chi connectivity index (χ1n) is 6.14. The van der Waals surface area contributed by atoms with Crippen molar-refractivity contribution >= 4 is 23.1 Å². The molecule has 5 nitrogen and oxygen atoms in total. The number of benzene rings is 1. The van der Waals surface area contributed by atoms with Gasteiger partial charge in [-0.1, -0.05) is 24.4 Å². The van der Waals surface area contributed by atoms with Crippen molar-refractivity contribution in [1.82, 2.24) is 15.1 Å². The summed E-state index contributed by atoms with van der Waals surface area (Å²) in [6.45, 7) is 2.42. The SMILES string of the molecule is Cc1c(CNC(=O)c2ccc(C(N)=S)cc2)cnn1C. The predicted molar refractivity (Wildman–Crippen MR) is 81.4 cm³/mol. The quantitative estimate of drug-likeness (QED) is 0.832. The van der Waals surface area contributed by atoms with E-state index in [9.17, 15) is 4.79 Å². The summed E-state index contributed by atoms with van der Waals surface area (Å²) in [6.07, 6.45) is 1.76. The fourth-order valence-corrected chi connectivity index (χ4v) is 1.92. The molecule has 1 aromatic carbocycles. The monoisotopic (exact) mass is 288 g/mol. The van der Waals surface area contributed by atoms with Gasteiger partial charge in [-0.2, -0.15) is 5.10 Å². The molecule has 104 valence electrons. The van der Waals surface area contributed by atoms with Crippen LogP contribution in [0.15, 0.2) is 30.5 Å². The number of hydrogen-bond donors (Lipinski definition) is 2. The Morgan fingerprint density at radius 1 is 1.35 bits per heavy atom. The van der Waals surface area contributed by atoms with Gasteiger partial charge in [0.05, 0.1) is 6.20 Å². The minimum absolute atomic E-state index is 0.136. The van der Waals surface area contributed by atoms with Crippen molar-refractivity contribution in [3.63, 3.8) is 0 Å². The minimum Gasteiger partial charge on any atom is -0.389 e. The lowest BCUT2D eigenvalue weighted by molar-refractivity contribution is 0.0951. The molecular weight excluding hydrogens is 272 g/mol. The summed E-state index contributed by atoms with van der Waals surface area (Å²) < 4.78 is 1.78. The summed E-state index contributed by atoms with van der Waals surface area (Å²) in [6, 6.07) is 6.90. The molecular formula is C14H16N4OS. The van der Waals surface area contributed by atoms with Crippen molar-refractivity contribution in [2.24, 2.45) is 12.8 Å². The maximum Gasteiger partial charge on any atom is 0.251 e. The zero-order valence-corrected chi connectivity index (χ0v) is 12.2. The molecule has 0 atom stereocenters. The number of aromatic nitrogens is 2. The normalized spacial score (nSPS) is 10.3. The van der Waals surface area contributed by atoms with E-state index in [2.05, 4.69) is 10.4 Å². The van der Waals surface area contributed by atoms with Crippen molar-refractivity contribution in [3.05, 3.63) is 52.8 Å². The number of carbonyl (C=O) groups excluding carboxylic acids is 1. The third-order valence-corrected chi connectivity index (χ3v) is 3.44. The molecule has 0 radical (unpaired) electrons. The number of carbonyl (C=O) groups is 1. The molecule has 0 fully saturated rings. The zero-order chi connectivity index (χ0) is 14.7. The Kier molecular flexibility index (Phi) is 4.14. The predicted octanol–water partition coefficient (Wildman–Crippen LogP) is 1.29. The van der Waals surface area contributed by atoms with E-state index in [1.165, 1.54) is 0 Å². The van der Waals surface area contributed by atoms with E-state index in [-0.39, 0.29) is 5.91 Å². The molecule has 0 spiro atoms. The fourth-order valence-electron chi connectivity index (χ4n) is 1.78. The van der Waals surface area contributed by atoms with Crippen molar-refractivity contribution in [3.8, 4) is 0 Å². The first kappa shape index (κ1) is 14.2. The smallest absolute Gasteiger partial charge is 0.251 e. The molecule has 1 aromatic heterocycles. The summed E-state index contributed by atoms with van der Waals surface area (Å²) in [5.74, 6) is -0.136. The molecule has 2 aromatic rings. The Hall–Kier alpha value is -2.21. The summed E-state index contributed by atoms with van der Waals surface area (Å²) in [7, 11) is 1.87. The van der Waals surface area contributed by atoms with E-state index >= 15 is 0 Å². The highest BCUT2D eigenvalue weighted by Gasteiger charge is 2.08. The molecule has 3 N–H and O–H groups in total. The Morgan fingerprint density at radius 2 is 1.95 bits per heavy atom. The lowest BCUT2D eigenvalue weighted by atomic mass is 10.1. The lowest BCUT2D eigenvalue weighted by Gasteiger charge is -2.06. The van der Waals surface area contributed by atoms with Crippen molar-refractivity contribution < 1.29 is 4.79 Å². The lowest BCUT2D eigenvalue weighted by Crippen LogP contribution is -2.23. The van der Waals surface area contributed by atoms with Gasteiger partial charge in [-0.15, -0.1) is 0 Å². The highest BCUT2D eigenvalue weighted by atomic mass is 32.1. The van der Waals surface area contributed by atoms with Crippen LogP contribution in [-0.4, -0.2) is 20.7 Å². The van der Waals surface area contributed by atoms with E-state index in [0.29, 0.717) is 17.1 Å². The maximum absolute atomic E-state index is 12.0. The summed E-state index contributed by atoms with van der Waals surface area (Å²) in [4.78, 5) is 12.3. The van der Waals surface area contributed by atoms with Gasteiger partial charge >= 0.3 is 0 Å². The second-order valence-electron chi connectivity index (χ2n) is 4.50. The number of nitrogens with one attached hydrogen (secondary N) is 1. The molecule has 0 aliphatic heterocycles. The maximum atomic E-state index is 12.0. The van der Waals surface area contributed by atoms with Crippen LogP contribution in [0.3, 0.4) is 0 Å². The van der Waals surface area contributed by atoms with E-state index in [0.717, 1.165) is 16.8 Å². The van der Waals surface area contributed by atoms with E-state index < -0.39 is 0 Å². The van der Waals surface area contributed by atoms with Crippen LogP contribution in [0.5, 0.6) is 0 Å². The topological polar surface area (TPSA) is 72.9 Å². The van der Waals surface area contributed by atoms with Crippen LogP contribution in [0.1, 0.15) is 27.2 Å². The van der Waals surface area contributed by atoms with Gasteiger partial charge in [0.25, 0.3) is 5.91 Å². The van der Waals surface area contributed by atoms with E-state index in [1.54, 1.807) is 35.1 Å². The molecule has 0 aliphatic rings. The van der Waals surface area contributed by atoms with Crippen LogP contribution in [0.25, 0.3) is 0 Å². The molecule has 0 bridgehead atoms. The molecule has 0 aliphatic carbocycles. The van der Waals surface area contributed by atoms with Gasteiger partial charge in [0.15, 0.2) is 0 Å². The highest BCUT2D eigenvalue weighted by molar-refractivity contribution is 7.80. The summed E-state index contributed by atoms with van der Waals surface area (Å²) in [5.41, 5.74) is 8.88. The van der Waals surface area contributed by atoms with Gasteiger partial charge in [0.2, 0.25) is 0 Å². The zero-order valence-electron chi connectivity index (χ0n) is 11.4. The number of thiocarbonyl (C=S) groups is 1. The second kappa shape index (κ2) is 5.83. The Bertz CT molecular complexity index is 646. The highest BCUT2D eigenvalue weighted by Crippen LogP contribution is 2.07. The Labute approximate surface area is 122 Å². The van der Waals surface area contributed by atoms with Crippen LogP contribution < -0.4 is 11.1 Å². The average molecular weight is 288 g/mol. The third-order valence-electron chi connectivity index (χ3n) is 3.21. The standard InChI is InChI=1S/C14H16N4OS/c1-9-12(8-17-18(9)2)7-16-14(19)11-5-3-10(4-6-11)13(15)20/h3-6,8H,7H2,1-2H3,(H2,15,20)(H,16,19). The van der Waals surface area contributed by atoms with Gasteiger partial charge in [-0.25, -0.2) is 0 Å². The summed E-state index contributed by atoms with van der Waals surface area (Å²) >= 11 is 4.87. The van der Waals surface area contributed by atoms with Gasteiger partial charge < -0.3 is 11.1 Å². The van der Waals surface area contributed by atoms with Crippen molar-refractivity contribution in [2.45, 2.75) is 13.5 Å². The Morgan fingerprint density at radius 3 is 2.45 bits per heavy atom. The molecule has 1 heterocycles. The molecule has 20 heavy (non-hydrogen) atoms. The van der Waals surface area contributed by atoms with E-state index in [4.69, 9.17) is 18.0 Å². The molecule has 0 unspecified atom stereocenters. The fraction of sp³-hybridized carbons (Fsp3) is 0.214. The first-order valence-corrected chi connectivity index (χ1v) is 6.55.